The standard InChI is InChI=1S/C19H25ClN2O2/c20-16-7-4-8-17-18(16)15(13-22(17)11-12-23)19(24)21-10-9-14-5-2-1-3-6-14/h4,7-8,13-14,23H,1-3,5-6,9-12H2,(H,21,24). The molecule has 1 aliphatic rings. The molecule has 24 heavy (non-hydrogen) atoms. The van der Waals surface area contributed by atoms with Gasteiger partial charge in [0.05, 0.1) is 22.7 Å². The van der Waals surface area contributed by atoms with Gasteiger partial charge in [-0.3, -0.25) is 4.79 Å². The number of nitrogens with zero attached hydrogens (tertiary/aromatic N) is 1. The van der Waals surface area contributed by atoms with Crippen LogP contribution in [0.25, 0.3) is 10.9 Å². The Bertz CT molecular complexity index is 705. The van der Waals surface area contributed by atoms with Gasteiger partial charge in [0, 0.05) is 24.7 Å². The molecule has 2 N–H and O–H groups in total. The van der Waals surface area contributed by atoms with E-state index in [4.69, 9.17) is 11.6 Å². The first-order valence-corrected chi connectivity index (χ1v) is 9.25. The second-order valence-corrected chi connectivity index (χ2v) is 7.05. The first kappa shape index (κ1) is 17.3. The van der Waals surface area contributed by atoms with E-state index in [1.54, 1.807) is 12.3 Å². The van der Waals surface area contributed by atoms with E-state index in [1.165, 1.54) is 32.1 Å². The van der Waals surface area contributed by atoms with Crippen LogP contribution in [0.15, 0.2) is 24.4 Å². The van der Waals surface area contributed by atoms with Crippen molar-refractivity contribution in [2.24, 2.45) is 5.92 Å². The molecule has 2 aromatic rings. The number of amides is 1. The monoisotopic (exact) mass is 348 g/mol. The highest BCUT2D eigenvalue weighted by atomic mass is 35.5. The SMILES string of the molecule is O=C(NCCC1CCCCC1)c1cn(CCO)c2cccc(Cl)c12. The van der Waals surface area contributed by atoms with E-state index in [0.717, 1.165) is 23.2 Å². The van der Waals surface area contributed by atoms with Crippen LogP contribution in [-0.4, -0.2) is 28.7 Å². The van der Waals surface area contributed by atoms with Gasteiger partial charge in [0.2, 0.25) is 0 Å². The first-order chi connectivity index (χ1) is 11.7. The minimum atomic E-state index is -0.0828. The third-order valence-electron chi connectivity index (χ3n) is 5.00. The zero-order chi connectivity index (χ0) is 16.9. The normalized spacial score (nSPS) is 15.8. The lowest BCUT2D eigenvalue weighted by atomic mass is 9.87. The van der Waals surface area contributed by atoms with E-state index in [0.29, 0.717) is 23.7 Å². The number of rotatable bonds is 6. The Morgan fingerprint density at radius 2 is 2.08 bits per heavy atom. The smallest absolute Gasteiger partial charge is 0.253 e. The van der Waals surface area contributed by atoms with E-state index in [-0.39, 0.29) is 12.5 Å². The molecule has 1 saturated carbocycles. The molecule has 0 saturated heterocycles. The molecule has 3 rings (SSSR count). The molecule has 0 aliphatic heterocycles. The van der Waals surface area contributed by atoms with Crippen molar-refractivity contribution >= 4 is 28.4 Å². The van der Waals surface area contributed by atoms with Crippen molar-refractivity contribution in [3.05, 3.63) is 35.0 Å². The van der Waals surface area contributed by atoms with Crippen molar-refractivity contribution in [1.29, 1.82) is 0 Å². The van der Waals surface area contributed by atoms with E-state index in [2.05, 4.69) is 5.32 Å². The number of aliphatic hydroxyl groups excluding tert-OH is 1. The van der Waals surface area contributed by atoms with Gasteiger partial charge in [0.15, 0.2) is 0 Å². The highest BCUT2D eigenvalue weighted by molar-refractivity contribution is 6.36. The zero-order valence-electron chi connectivity index (χ0n) is 13.9. The molecule has 1 aromatic heterocycles. The Balaban J connectivity index is 1.72. The Labute approximate surface area is 147 Å². The van der Waals surface area contributed by atoms with Crippen LogP contribution in [0.5, 0.6) is 0 Å². The molecule has 130 valence electrons. The molecule has 5 heteroatoms. The van der Waals surface area contributed by atoms with Crippen molar-refractivity contribution in [3.63, 3.8) is 0 Å². The molecule has 0 unspecified atom stereocenters. The fourth-order valence-corrected chi connectivity index (χ4v) is 4.01. The average molecular weight is 349 g/mol. The topological polar surface area (TPSA) is 54.3 Å². The van der Waals surface area contributed by atoms with Gasteiger partial charge in [0.25, 0.3) is 5.91 Å². The highest BCUT2D eigenvalue weighted by Crippen LogP contribution is 2.29. The average Bonchev–Trinajstić information content (AvgIpc) is 2.96. The third kappa shape index (κ3) is 3.76. The maximum absolute atomic E-state index is 12.6. The summed E-state index contributed by atoms with van der Waals surface area (Å²) in [5.74, 6) is 0.666. The molecule has 1 amide bonds. The minimum absolute atomic E-state index is 0.0268. The van der Waals surface area contributed by atoms with E-state index in [9.17, 15) is 9.90 Å². The van der Waals surface area contributed by atoms with Gasteiger partial charge in [-0.1, -0.05) is 49.8 Å². The van der Waals surface area contributed by atoms with E-state index in [1.807, 2.05) is 16.7 Å². The number of hydrogen-bond donors (Lipinski definition) is 2. The van der Waals surface area contributed by atoms with Crippen molar-refractivity contribution in [2.45, 2.75) is 45.1 Å². The Morgan fingerprint density at radius 3 is 2.83 bits per heavy atom. The van der Waals surface area contributed by atoms with Crippen LogP contribution in [0.3, 0.4) is 0 Å². The number of aliphatic hydroxyl groups is 1. The predicted octanol–water partition coefficient (Wildman–Crippen LogP) is 3.99. The number of carbonyl (C=O) groups excluding carboxylic acids is 1. The van der Waals surface area contributed by atoms with Crippen LogP contribution in [0.1, 0.15) is 48.9 Å². The summed E-state index contributed by atoms with van der Waals surface area (Å²) in [6.07, 6.45) is 9.42. The summed E-state index contributed by atoms with van der Waals surface area (Å²) in [5, 5.41) is 13.6. The van der Waals surface area contributed by atoms with Gasteiger partial charge >= 0.3 is 0 Å². The maximum atomic E-state index is 12.6. The zero-order valence-corrected chi connectivity index (χ0v) is 14.7. The van der Waals surface area contributed by atoms with Crippen molar-refractivity contribution in [2.75, 3.05) is 13.2 Å². The van der Waals surface area contributed by atoms with Crippen LogP contribution in [0.4, 0.5) is 0 Å². The lowest BCUT2D eigenvalue weighted by Gasteiger charge is -2.21. The van der Waals surface area contributed by atoms with Gasteiger partial charge in [-0.25, -0.2) is 0 Å². The number of benzene rings is 1. The van der Waals surface area contributed by atoms with Gasteiger partial charge < -0.3 is 15.0 Å². The number of nitrogens with one attached hydrogen (secondary N) is 1. The molecule has 4 nitrogen and oxygen atoms in total. The molecule has 1 aromatic carbocycles. The quantitative estimate of drug-likeness (QED) is 0.829. The van der Waals surface area contributed by atoms with Crippen LogP contribution >= 0.6 is 11.6 Å². The van der Waals surface area contributed by atoms with Gasteiger partial charge in [-0.15, -0.1) is 0 Å². The largest absolute Gasteiger partial charge is 0.395 e. The van der Waals surface area contributed by atoms with Crippen molar-refractivity contribution in [1.82, 2.24) is 9.88 Å². The third-order valence-corrected chi connectivity index (χ3v) is 5.32. The molecule has 1 aliphatic carbocycles. The van der Waals surface area contributed by atoms with Crippen molar-refractivity contribution < 1.29 is 9.90 Å². The molecule has 0 spiro atoms. The number of hydrogen-bond acceptors (Lipinski definition) is 2. The first-order valence-electron chi connectivity index (χ1n) is 8.87. The highest BCUT2D eigenvalue weighted by Gasteiger charge is 2.18. The summed E-state index contributed by atoms with van der Waals surface area (Å²) in [6, 6.07) is 5.59. The summed E-state index contributed by atoms with van der Waals surface area (Å²) < 4.78 is 1.89. The maximum Gasteiger partial charge on any atom is 0.253 e. The predicted molar refractivity (Wildman–Crippen MR) is 97.6 cm³/mol. The molecule has 0 atom stereocenters. The van der Waals surface area contributed by atoms with Crippen LogP contribution < -0.4 is 5.32 Å². The number of carbonyl (C=O) groups is 1. The number of aromatic nitrogens is 1. The molecule has 1 fully saturated rings. The molecular formula is C19H25ClN2O2. The van der Waals surface area contributed by atoms with Crippen LogP contribution in [0.2, 0.25) is 5.02 Å². The van der Waals surface area contributed by atoms with E-state index < -0.39 is 0 Å². The lowest BCUT2D eigenvalue weighted by molar-refractivity contribution is 0.0951. The Kier molecular flexibility index (Phi) is 5.80. The summed E-state index contributed by atoms with van der Waals surface area (Å²) in [7, 11) is 0. The summed E-state index contributed by atoms with van der Waals surface area (Å²) in [5.41, 5.74) is 1.47. The van der Waals surface area contributed by atoms with Crippen molar-refractivity contribution in [3.8, 4) is 0 Å². The molecule has 1 heterocycles. The van der Waals surface area contributed by atoms with Gasteiger partial charge in [-0.05, 0) is 24.5 Å². The van der Waals surface area contributed by atoms with Gasteiger partial charge in [0.1, 0.15) is 0 Å². The summed E-state index contributed by atoms with van der Waals surface area (Å²) in [6.45, 7) is 1.19. The summed E-state index contributed by atoms with van der Waals surface area (Å²) >= 11 is 6.32. The minimum Gasteiger partial charge on any atom is -0.395 e. The molecular weight excluding hydrogens is 324 g/mol. The fraction of sp³-hybridized carbons (Fsp3) is 0.526. The fourth-order valence-electron chi connectivity index (χ4n) is 3.73. The molecule has 0 bridgehead atoms. The van der Waals surface area contributed by atoms with E-state index >= 15 is 0 Å². The van der Waals surface area contributed by atoms with Gasteiger partial charge in [-0.2, -0.15) is 0 Å². The second-order valence-electron chi connectivity index (χ2n) is 6.64. The number of fused-ring (bicyclic) bond motifs is 1. The second kappa shape index (κ2) is 8.04. The molecule has 0 radical (unpaired) electrons. The van der Waals surface area contributed by atoms with Crippen LogP contribution in [0, 0.1) is 5.92 Å². The lowest BCUT2D eigenvalue weighted by Crippen LogP contribution is -2.26. The Morgan fingerprint density at radius 1 is 1.29 bits per heavy atom. The Hall–Kier alpha value is -1.52. The van der Waals surface area contributed by atoms with Crippen LogP contribution in [-0.2, 0) is 6.54 Å². The summed E-state index contributed by atoms with van der Waals surface area (Å²) in [4.78, 5) is 12.6. The number of halogens is 1.